The quantitative estimate of drug-likeness (QED) is 0.305. The van der Waals surface area contributed by atoms with Crippen LogP contribution in [0.4, 0.5) is 0 Å². The van der Waals surface area contributed by atoms with Crippen LogP contribution in [0.25, 0.3) is 0 Å². The van der Waals surface area contributed by atoms with E-state index in [1.807, 2.05) is 0 Å². The van der Waals surface area contributed by atoms with E-state index < -0.39 is 46.9 Å². The predicted octanol–water partition coefficient (Wildman–Crippen LogP) is -2.35. The Morgan fingerprint density at radius 2 is 1.61 bits per heavy atom. The molecule has 0 aromatic rings. The van der Waals surface area contributed by atoms with Crippen molar-refractivity contribution in [2.24, 2.45) is 0 Å². The maximum Gasteiger partial charge on any atom is 0.483 e. The molecule has 0 radical (unpaired) electrons. The minimum atomic E-state index is -5.29. The smallest absolute Gasteiger partial charge is 0.388 e. The SMILES string of the molecule is O=P(O)(O)OP(=O)(O)OC1OC[C@H](O)[C@@H](O)[C@@H]1O. The van der Waals surface area contributed by atoms with Gasteiger partial charge >= 0.3 is 15.6 Å². The van der Waals surface area contributed by atoms with E-state index in [-0.39, 0.29) is 0 Å². The zero-order chi connectivity index (χ0) is 14.1. The van der Waals surface area contributed by atoms with Gasteiger partial charge in [-0.1, -0.05) is 0 Å². The second-order valence-electron chi connectivity index (χ2n) is 3.40. The monoisotopic (exact) mass is 310 g/mol. The Kier molecular flexibility index (Phi) is 5.04. The molecular formula is C5H12O11P2. The van der Waals surface area contributed by atoms with E-state index in [0.29, 0.717) is 0 Å². The fraction of sp³-hybridized carbons (Fsp3) is 1.00. The zero-order valence-corrected chi connectivity index (χ0v) is 10.4. The standard InChI is InChI=1S/C5H12O11P2/c6-2-1-14-5(4(8)3(2)7)15-18(12,13)16-17(9,10)11/h2-8H,1H2,(H,12,13)(H2,9,10,11)/t2-,3+,4-,5?/m0/s1. The molecule has 0 bridgehead atoms. The molecule has 1 aliphatic heterocycles. The van der Waals surface area contributed by atoms with Gasteiger partial charge in [-0.05, 0) is 0 Å². The highest BCUT2D eigenvalue weighted by molar-refractivity contribution is 7.60. The normalized spacial score (nSPS) is 37.2. The minimum Gasteiger partial charge on any atom is -0.388 e. The molecule has 1 rings (SSSR count). The molecule has 5 atom stereocenters. The molecule has 6 N–H and O–H groups in total. The summed E-state index contributed by atoms with van der Waals surface area (Å²) < 4.78 is 33.6. The van der Waals surface area contributed by atoms with E-state index in [0.717, 1.165) is 0 Å². The fourth-order valence-corrected chi connectivity index (χ4v) is 2.83. The number of ether oxygens (including phenoxy) is 1. The topological polar surface area (TPSA) is 183 Å². The molecule has 0 amide bonds. The second-order valence-corrected chi connectivity index (χ2v) is 6.18. The number of aliphatic hydroxyl groups excluding tert-OH is 3. The Hall–Kier alpha value is 0.1000. The van der Waals surface area contributed by atoms with E-state index in [9.17, 15) is 19.3 Å². The molecule has 13 heteroatoms. The van der Waals surface area contributed by atoms with Crippen LogP contribution in [0.15, 0.2) is 0 Å². The molecule has 2 unspecified atom stereocenters. The van der Waals surface area contributed by atoms with Gasteiger partial charge in [0.2, 0.25) is 0 Å². The second kappa shape index (κ2) is 5.61. The van der Waals surface area contributed by atoms with Crippen LogP contribution in [0.3, 0.4) is 0 Å². The first-order valence-electron chi connectivity index (χ1n) is 4.46. The summed E-state index contributed by atoms with van der Waals surface area (Å²) in [6.07, 6.45) is -6.92. The van der Waals surface area contributed by atoms with E-state index in [2.05, 4.69) is 13.6 Å². The molecule has 1 saturated heterocycles. The van der Waals surface area contributed by atoms with Gasteiger partial charge in [0.15, 0.2) is 6.29 Å². The third-order valence-corrected chi connectivity index (χ3v) is 4.05. The van der Waals surface area contributed by atoms with Gasteiger partial charge in [-0.2, -0.15) is 4.31 Å². The highest BCUT2D eigenvalue weighted by Gasteiger charge is 2.44. The van der Waals surface area contributed by atoms with Crippen LogP contribution in [0, 0.1) is 0 Å². The summed E-state index contributed by atoms with van der Waals surface area (Å²) >= 11 is 0. The highest BCUT2D eigenvalue weighted by atomic mass is 31.3. The van der Waals surface area contributed by atoms with Crippen LogP contribution in [0.5, 0.6) is 0 Å². The van der Waals surface area contributed by atoms with Gasteiger partial charge in [0, 0.05) is 0 Å². The molecule has 1 heterocycles. The van der Waals surface area contributed by atoms with Crippen molar-refractivity contribution in [1.82, 2.24) is 0 Å². The summed E-state index contributed by atoms with van der Waals surface area (Å²) in [6.45, 7) is -0.515. The van der Waals surface area contributed by atoms with E-state index in [4.69, 9.17) is 19.8 Å². The van der Waals surface area contributed by atoms with Crippen molar-refractivity contribution in [3.63, 3.8) is 0 Å². The first-order chi connectivity index (χ1) is 8.02. The molecule has 1 aliphatic rings. The van der Waals surface area contributed by atoms with Gasteiger partial charge in [-0.15, -0.1) is 0 Å². The summed E-state index contributed by atoms with van der Waals surface area (Å²) in [5, 5.41) is 27.6. The van der Waals surface area contributed by atoms with Crippen LogP contribution in [0.1, 0.15) is 0 Å². The van der Waals surface area contributed by atoms with Crippen LogP contribution in [-0.4, -0.2) is 61.2 Å². The number of phosphoric acid groups is 2. The first kappa shape index (κ1) is 16.2. The van der Waals surface area contributed by atoms with Crippen molar-refractivity contribution in [1.29, 1.82) is 0 Å². The summed E-state index contributed by atoms with van der Waals surface area (Å²) in [4.78, 5) is 25.6. The molecule has 0 aromatic heterocycles. The van der Waals surface area contributed by atoms with Crippen molar-refractivity contribution < 1.29 is 52.7 Å². The van der Waals surface area contributed by atoms with Gasteiger partial charge < -0.3 is 34.7 Å². The molecular weight excluding hydrogens is 298 g/mol. The van der Waals surface area contributed by atoms with Crippen molar-refractivity contribution in [2.45, 2.75) is 24.6 Å². The van der Waals surface area contributed by atoms with E-state index in [1.54, 1.807) is 0 Å². The Bertz CT molecular complexity index is 378. The van der Waals surface area contributed by atoms with Crippen LogP contribution in [-0.2, 0) is 22.7 Å². The lowest BCUT2D eigenvalue weighted by Gasteiger charge is -2.34. The predicted molar refractivity (Wildman–Crippen MR) is 51.8 cm³/mol. The average Bonchev–Trinajstić information content (AvgIpc) is 2.15. The average molecular weight is 310 g/mol. The third kappa shape index (κ3) is 4.65. The third-order valence-electron chi connectivity index (χ3n) is 1.90. The van der Waals surface area contributed by atoms with Gasteiger partial charge in [0.1, 0.15) is 18.3 Å². The van der Waals surface area contributed by atoms with Crippen LogP contribution in [0.2, 0.25) is 0 Å². The van der Waals surface area contributed by atoms with Crippen LogP contribution >= 0.6 is 15.6 Å². The fourth-order valence-electron chi connectivity index (χ4n) is 1.16. The molecule has 0 aliphatic carbocycles. The molecule has 18 heavy (non-hydrogen) atoms. The lowest BCUT2D eigenvalue weighted by Crippen LogP contribution is -2.53. The Morgan fingerprint density at radius 1 is 1.06 bits per heavy atom. The summed E-state index contributed by atoms with van der Waals surface area (Å²) in [5.41, 5.74) is 0. The Labute approximate surface area is 100 Å². The minimum absolute atomic E-state index is 0.515. The highest BCUT2D eigenvalue weighted by Crippen LogP contribution is 2.58. The first-order valence-corrected chi connectivity index (χ1v) is 7.48. The van der Waals surface area contributed by atoms with Gasteiger partial charge in [0.25, 0.3) is 0 Å². The molecule has 108 valence electrons. The van der Waals surface area contributed by atoms with Crippen LogP contribution < -0.4 is 0 Å². The lowest BCUT2D eigenvalue weighted by atomic mass is 10.1. The number of rotatable bonds is 4. The summed E-state index contributed by atoms with van der Waals surface area (Å²) in [6, 6.07) is 0. The van der Waals surface area contributed by atoms with Gasteiger partial charge in [-0.3, -0.25) is 4.52 Å². The van der Waals surface area contributed by atoms with Gasteiger partial charge in [-0.25, -0.2) is 9.13 Å². The summed E-state index contributed by atoms with van der Waals surface area (Å²) in [7, 11) is -10.5. The van der Waals surface area contributed by atoms with Crippen molar-refractivity contribution in [3.8, 4) is 0 Å². The van der Waals surface area contributed by atoms with Gasteiger partial charge in [0.05, 0.1) is 6.61 Å². The molecule has 1 fully saturated rings. The molecule has 0 saturated carbocycles. The maximum absolute atomic E-state index is 11.1. The van der Waals surface area contributed by atoms with E-state index in [1.165, 1.54) is 0 Å². The Morgan fingerprint density at radius 3 is 2.11 bits per heavy atom. The number of hydrogen-bond acceptors (Lipinski definition) is 8. The number of hydrogen-bond donors (Lipinski definition) is 6. The largest absolute Gasteiger partial charge is 0.483 e. The molecule has 11 nitrogen and oxygen atoms in total. The molecule has 0 spiro atoms. The number of aliphatic hydroxyl groups is 3. The van der Waals surface area contributed by atoms with Crippen molar-refractivity contribution >= 4 is 15.6 Å². The van der Waals surface area contributed by atoms with Crippen molar-refractivity contribution in [2.75, 3.05) is 6.61 Å². The van der Waals surface area contributed by atoms with E-state index >= 15 is 0 Å². The summed E-state index contributed by atoms with van der Waals surface area (Å²) in [5.74, 6) is 0. The number of phosphoric ester groups is 1. The van der Waals surface area contributed by atoms with Crippen molar-refractivity contribution in [3.05, 3.63) is 0 Å². The maximum atomic E-state index is 11.1. The lowest BCUT2D eigenvalue weighted by molar-refractivity contribution is -0.245. The zero-order valence-electron chi connectivity index (χ0n) is 8.64. The molecule has 0 aromatic carbocycles. The Balaban J connectivity index is 2.67.